The molecule has 0 aromatic heterocycles. The van der Waals surface area contributed by atoms with Crippen molar-refractivity contribution in [2.45, 2.75) is 37.7 Å². The number of aryl methyl sites for hydroxylation is 1. The Morgan fingerprint density at radius 1 is 1.15 bits per heavy atom. The van der Waals surface area contributed by atoms with E-state index in [1.165, 1.54) is 6.07 Å². The van der Waals surface area contributed by atoms with Gasteiger partial charge in [0, 0.05) is 5.56 Å². The zero-order valence-electron chi connectivity index (χ0n) is 11.7. The fourth-order valence-corrected chi connectivity index (χ4v) is 3.04. The van der Waals surface area contributed by atoms with Crippen LogP contribution in [0.1, 0.15) is 31.9 Å². The van der Waals surface area contributed by atoms with Gasteiger partial charge in [0.25, 0.3) is 10.1 Å². The average molecular weight is 294 g/mol. The second-order valence-corrected chi connectivity index (χ2v) is 6.76. The highest BCUT2D eigenvalue weighted by atomic mass is 32.2. The summed E-state index contributed by atoms with van der Waals surface area (Å²) in [5, 5.41) is 10.1. The molecule has 0 aromatic rings. The Balaban J connectivity index is 2.83. The van der Waals surface area contributed by atoms with Crippen molar-refractivity contribution in [2.75, 3.05) is 0 Å². The molecule has 0 unspecified atom stereocenters. The van der Waals surface area contributed by atoms with Crippen molar-refractivity contribution in [3.05, 3.63) is 41.5 Å². The van der Waals surface area contributed by atoms with E-state index in [4.69, 9.17) is 0 Å². The molecular formula is C15H18O4S. The van der Waals surface area contributed by atoms with E-state index in [2.05, 4.69) is 0 Å². The second kappa shape index (κ2) is 4.84. The third-order valence-corrected chi connectivity index (χ3v) is 4.30. The number of hydrogen-bond acceptors (Lipinski definition) is 3. The van der Waals surface area contributed by atoms with Gasteiger partial charge in [0.2, 0.25) is 0 Å². The summed E-state index contributed by atoms with van der Waals surface area (Å²) in [6.07, 6.45) is 0.661. The van der Waals surface area contributed by atoms with Crippen molar-refractivity contribution in [3.8, 4) is 11.1 Å². The molecule has 0 heterocycles. The van der Waals surface area contributed by atoms with Gasteiger partial charge in [0.1, 0.15) is 4.90 Å². The molecule has 0 radical (unpaired) electrons. The maximum atomic E-state index is 11.5. The van der Waals surface area contributed by atoms with E-state index < -0.39 is 15.7 Å². The van der Waals surface area contributed by atoms with Crippen LogP contribution in [0.15, 0.2) is 35.2 Å². The Labute approximate surface area is 119 Å². The topological polar surface area (TPSA) is 74.6 Å². The van der Waals surface area contributed by atoms with Crippen LogP contribution in [0, 0.1) is 0 Å². The summed E-state index contributed by atoms with van der Waals surface area (Å²) in [6, 6.07) is 8.44. The fraction of sp³-hybridized carbons (Fsp3) is 0.333. The van der Waals surface area contributed by atoms with Crippen molar-refractivity contribution in [3.63, 3.8) is 0 Å². The molecular weight excluding hydrogens is 276 g/mol. The van der Waals surface area contributed by atoms with E-state index >= 15 is 0 Å². The monoisotopic (exact) mass is 294 g/mol. The Hall–Kier alpha value is -1.43. The first-order chi connectivity index (χ1) is 9.14. The van der Waals surface area contributed by atoms with Crippen LogP contribution in [0.5, 0.6) is 0 Å². The molecule has 2 N–H and O–H groups in total. The summed E-state index contributed by atoms with van der Waals surface area (Å²) in [6.45, 7) is 5.18. The molecule has 108 valence electrons. The van der Waals surface area contributed by atoms with E-state index in [1.54, 1.807) is 38.1 Å². The van der Waals surface area contributed by atoms with Gasteiger partial charge in [0.05, 0.1) is 5.60 Å². The largest absolute Gasteiger partial charge is 0.386 e. The molecule has 20 heavy (non-hydrogen) atoms. The fourth-order valence-electron chi connectivity index (χ4n) is 2.30. The van der Waals surface area contributed by atoms with Crippen LogP contribution in [-0.2, 0) is 22.1 Å². The Morgan fingerprint density at radius 3 is 2.30 bits per heavy atom. The molecule has 0 amide bonds. The van der Waals surface area contributed by atoms with E-state index in [0.717, 1.165) is 11.1 Å². The van der Waals surface area contributed by atoms with Crippen molar-refractivity contribution in [1.82, 2.24) is 0 Å². The van der Waals surface area contributed by atoms with Crippen molar-refractivity contribution >= 4 is 10.1 Å². The maximum absolute atomic E-state index is 11.5. The number of hydrogen-bond donors (Lipinski definition) is 2. The smallest absolute Gasteiger partial charge is 0.295 e. The number of fused-ring (bicyclic) bond motifs is 1. The van der Waals surface area contributed by atoms with E-state index in [-0.39, 0.29) is 4.90 Å². The minimum absolute atomic E-state index is 0.106. The van der Waals surface area contributed by atoms with Crippen LogP contribution in [-0.4, -0.2) is 18.1 Å². The molecule has 0 saturated heterocycles. The van der Waals surface area contributed by atoms with Crippen LogP contribution in [0.25, 0.3) is 11.1 Å². The van der Waals surface area contributed by atoms with Crippen LogP contribution < -0.4 is 0 Å². The number of aliphatic hydroxyl groups is 1. The van der Waals surface area contributed by atoms with Crippen LogP contribution in [0.3, 0.4) is 0 Å². The lowest BCUT2D eigenvalue weighted by Gasteiger charge is -2.16. The summed E-state index contributed by atoms with van der Waals surface area (Å²) in [4.78, 5) is -0.106. The highest BCUT2D eigenvalue weighted by Gasteiger charge is 2.24. The first kappa shape index (κ1) is 15.0. The van der Waals surface area contributed by atoms with Gasteiger partial charge in [-0.05, 0) is 49.1 Å². The quantitative estimate of drug-likeness (QED) is 0.854. The van der Waals surface area contributed by atoms with Crippen molar-refractivity contribution < 1.29 is 18.1 Å². The summed E-state index contributed by atoms with van der Waals surface area (Å²) in [7, 11) is -4.29. The predicted octanol–water partition coefficient (Wildman–Crippen LogP) is 2.83. The van der Waals surface area contributed by atoms with Gasteiger partial charge >= 0.3 is 0 Å². The summed E-state index contributed by atoms with van der Waals surface area (Å²) >= 11 is 0. The lowest BCUT2D eigenvalue weighted by molar-refractivity contribution is 0.0787. The molecule has 0 fully saturated rings. The summed E-state index contributed by atoms with van der Waals surface area (Å²) in [5.41, 5.74) is 1.56. The van der Waals surface area contributed by atoms with Gasteiger partial charge in [-0.3, -0.25) is 4.55 Å². The van der Waals surface area contributed by atoms with Gasteiger partial charge < -0.3 is 5.11 Å². The Morgan fingerprint density at radius 2 is 1.80 bits per heavy atom. The first-order valence-corrected chi connectivity index (χ1v) is 7.84. The molecule has 2 aliphatic carbocycles. The molecule has 2 rings (SSSR count). The maximum Gasteiger partial charge on any atom is 0.295 e. The molecule has 5 heteroatoms. The van der Waals surface area contributed by atoms with Crippen molar-refractivity contribution in [2.24, 2.45) is 0 Å². The van der Waals surface area contributed by atoms with Crippen LogP contribution in [0.2, 0.25) is 0 Å². The molecule has 0 spiro atoms. The molecule has 0 bridgehead atoms. The standard InChI is InChI=1S/C15H18O4S/c1-4-10-8-14(20(17,18)19)13-9-11(15(2,3)16)6-5-7-12(10)13/h5-9,16H,4H2,1-3H3,(H,17,18,19). The minimum Gasteiger partial charge on any atom is -0.386 e. The number of rotatable bonds is 3. The molecule has 0 atom stereocenters. The third kappa shape index (κ3) is 2.70. The molecule has 0 aliphatic heterocycles. The lowest BCUT2D eigenvalue weighted by atomic mass is 9.99. The van der Waals surface area contributed by atoms with Crippen LogP contribution in [0.4, 0.5) is 0 Å². The highest BCUT2D eigenvalue weighted by Crippen LogP contribution is 2.37. The Kier molecular flexibility index (Phi) is 3.62. The molecule has 0 aromatic carbocycles. The highest BCUT2D eigenvalue weighted by molar-refractivity contribution is 7.86. The summed E-state index contributed by atoms with van der Waals surface area (Å²) in [5.74, 6) is 0. The van der Waals surface area contributed by atoms with Crippen molar-refractivity contribution in [1.29, 1.82) is 0 Å². The molecule has 0 saturated carbocycles. The Bertz CT molecular complexity index is 711. The molecule has 4 nitrogen and oxygen atoms in total. The zero-order chi connectivity index (χ0) is 15.1. The summed E-state index contributed by atoms with van der Waals surface area (Å²) < 4.78 is 32.4. The lowest BCUT2D eigenvalue weighted by Crippen LogP contribution is -2.14. The van der Waals surface area contributed by atoms with E-state index in [1.807, 2.05) is 6.92 Å². The minimum atomic E-state index is -4.29. The zero-order valence-corrected chi connectivity index (χ0v) is 12.5. The average Bonchev–Trinajstić information content (AvgIpc) is 2.51. The van der Waals surface area contributed by atoms with Gasteiger partial charge in [0.15, 0.2) is 0 Å². The second-order valence-electron chi connectivity index (χ2n) is 5.37. The van der Waals surface area contributed by atoms with E-state index in [0.29, 0.717) is 17.5 Å². The van der Waals surface area contributed by atoms with Gasteiger partial charge in [-0.25, -0.2) is 0 Å². The SMILES string of the molecule is CCc1cc(S(=O)(=O)O)c2cc(C(C)(C)O)cccc1-2. The predicted molar refractivity (Wildman–Crippen MR) is 77.5 cm³/mol. The van der Waals surface area contributed by atoms with Gasteiger partial charge in [-0.15, -0.1) is 0 Å². The third-order valence-electron chi connectivity index (χ3n) is 3.41. The van der Waals surface area contributed by atoms with Gasteiger partial charge in [-0.1, -0.05) is 25.1 Å². The van der Waals surface area contributed by atoms with E-state index in [9.17, 15) is 18.1 Å². The van der Waals surface area contributed by atoms with Gasteiger partial charge in [-0.2, -0.15) is 8.42 Å². The first-order valence-electron chi connectivity index (χ1n) is 6.40. The molecule has 2 aliphatic rings. The van der Waals surface area contributed by atoms with Crippen LogP contribution >= 0.6 is 0 Å². The normalized spacial score (nSPS) is 12.8.